The van der Waals surface area contributed by atoms with Crippen LogP contribution < -0.4 is 9.64 Å². The van der Waals surface area contributed by atoms with Gasteiger partial charge in [-0.1, -0.05) is 23.2 Å². The molecule has 5 rings (SSSR count). The standard InChI is InChI=1S/C24H17Cl2F2N5O/c1-12(22-16(25)10-30-11-17(22)26)34-21-7-15-20(8-18(21)27)31-32-23(15)13-5-14(9-29)24(19(28)6-13)33-3-2-4-33/h5-8,10-12H,2-4H2,1H3,(H,31,32)/t12-/m1/s1. The lowest BCUT2D eigenvalue weighted by Gasteiger charge is -2.34. The second-order valence-electron chi connectivity index (χ2n) is 7.98. The van der Waals surface area contributed by atoms with Crippen LogP contribution >= 0.6 is 23.2 Å². The van der Waals surface area contributed by atoms with Gasteiger partial charge in [0.2, 0.25) is 0 Å². The first kappa shape index (κ1) is 22.4. The summed E-state index contributed by atoms with van der Waals surface area (Å²) in [6, 6.07) is 7.74. The van der Waals surface area contributed by atoms with E-state index in [4.69, 9.17) is 27.9 Å². The van der Waals surface area contributed by atoms with Crippen LogP contribution in [-0.4, -0.2) is 28.3 Å². The molecule has 172 valence electrons. The molecule has 0 radical (unpaired) electrons. The number of hydrogen-bond donors (Lipinski definition) is 1. The fourth-order valence-electron chi connectivity index (χ4n) is 4.07. The van der Waals surface area contributed by atoms with Crippen molar-refractivity contribution >= 4 is 39.8 Å². The molecule has 10 heteroatoms. The van der Waals surface area contributed by atoms with Gasteiger partial charge >= 0.3 is 0 Å². The number of benzene rings is 2. The maximum Gasteiger partial charge on any atom is 0.167 e. The molecule has 0 spiro atoms. The average molecular weight is 500 g/mol. The van der Waals surface area contributed by atoms with E-state index in [1.165, 1.54) is 30.6 Å². The molecule has 1 atom stereocenters. The molecule has 3 heterocycles. The molecule has 1 aliphatic heterocycles. The zero-order valence-electron chi connectivity index (χ0n) is 17.9. The van der Waals surface area contributed by atoms with E-state index in [9.17, 15) is 14.0 Å². The van der Waals surface area contributed by atoms with Gasteiger partial charge in [0.05, 0.1) is 26.8 Å². The minimum absolute atomic E-state index is 0.0511. The summed E-state index contributed by atoms with van der Waals surface area (Å²) in [6.45, 7) is 3.11. The van der Waals surface area contributed by atoms with Gasteiger partial charge in [0.25, 0.3) is 0 Å². The number of ether oxygens (including phenoxy) is 1. The number of pyridine rings is 1. The number of H-pyrrole nitrogens is 1. The fraction of sp³-hybridized carbons (Fsp3) is 0.208. The Bertz CT molecular complexity index is 1440. The van der Waals surface area contributed by atoms with Crippen LogP contribution in [0.4, 0.5) is 14.5 Å². The van der Waals surface area contributed by atoms with E-state index in [0.717, 1.165) is 6.42 Å². The van der Waals surface area contributed by atoms with Crippen molar-refractivity contribution in [3.05, 3.63) is 69.5 Å². The highest BCUT2D eigenvalue weighted by molar-refractivity contribution is 6.35. The highest BCUT2D eigenvalue weighted by atomic mass is 35.5. The number of halogens is 4. The van der Waals surface area contributed by atoms with E-state index in [-0.39, 0.29) is 11.3 Å². The van der Waals surface area contributed by atoms with Gasteiger partial charge in [-0.25, -0.2) is 8.78 Å². The van der Waals surface area contributed by atoms with Crippen LogP contribution in [0.1, 0.15) is 30.6 Å². The highest BCUT2D eigenvalue weighted by Gasteiger charge is 2.24. The second kappa shape index (κ2) is 8.75. The molecule has 34 heavy (non-hydrogen) atoms. The quantitative estimate of drug-likeness (QED) is 0.342. The van der Waals surface area contributed by atoms with Gasteiger partial charge in [-0.15, -0.1) is 0 Å². The van der Waals surface area contributed by atoms with Crippen molar-refractivity contribution in [3.8, 4) is 23.1 Å². The first-order valence-electron chi connectivity index (χ1n) is 10.5. The summed E-state index contributed by atoms with van der Waals surface area (Å²) in [5.41, 5.74) is 2.17. The number of rotatable bonds is 5. The number of fused-ring (bicyclic) bond motifs is 1. The summed E-state index contributed by atoms with van der Waals surface area (Å²) >= 11 is 12.4. The maximum atomic E-state index is 15.0. The third-order valence-electron chi connectivity index (χ3n) is 5.85. The summed E-state index contributed by atoms with van der Waals surface area (Å²) in [7, 11) is 0. The Kier molecular flexibility index (Phi) is 5.76. The molecule has 0 amide bonds. The van der Waals surface area contributed by atoms with Gasteiger partial charge < -0.3 is 9.64 Å². The number of hydrogen-bond acceptors (Lipinski definition) is 5. The van der Waals surface area contributed by atoms with Crippen LogP contribution in [0.5, 0.6) is 5.75 Å². The fourth-order valence-corrected chi connectivity index (χ4v) is 4.74. The molecule has 0 saturated carbocycles. The van der Waals surface area contributed by atoms with Crippen molar-refractivity contribution in [3.63, 3.8) is 0 Å². The van der Waals surface area contributed by atoms with E-state index < -0.39 is 17.7 Å². The third kappa shape index (κ3) is 3.81. The van der Waals surface area contributed by atoms with Crippen LogP contribution in [0.2, 0.25) is 10.0 Å². The van der Waals surface area contributed by atoms with Crippen LogP contribution in [0.15, 0.2) is 36.7 Å². The number of aromatic amines is 1. The zero-order chi connectivity index (χ0) is 24.0. The van der Waals surface area contributed by atoms with Crippen LogP contribution in [0.25, 0.3) is 22.2 Å². The predicted molar refractivity (Wildman–Crippen MR) is 126 cm³/mol. The molecular formula is C24H17Cl2F2N5O. The lowest BCUT2D eigenvalue weighted by atomic mass is 10.0. The number of anilines is 1. The molecule has 0 bridgehead atoms. The van der Waals surface area contributed by atoms with Gasteiger partial charge in [0.1, 0.15) is 23.7 Å². The Morgan fingerprint density at radius 2 is 1.85 bits per heavy atom. The molecule has 4 aromatic rings. The summed E-state index contributed by atoms with van der Waals surface area (Å²) < 4.78 is 35.7. The van der Waals surface area contributed by atoms with Gasteiger partial charge in [-0.05, 0) is 31.5 Å². The maximum absolute atomic E-state index is 15.0. The molecule has 1 aliphatic rings. The molecule has 6 nitrogen and oxygen atoms in total. The van der Waals surface area contributed by atoms with Crippen LogP contribution in [-0.2, 0) is 0 Å². The Hall–Kier alpha value is -3.41. The molecule has 2 aromatic heterocycles. The smallest absolute Gasteiger partial charge is 0.167 e. The lowest BCUT2D eigenvalue weighted by molar-refractivity contribution is 0.217. The second-order valence-corrected chi connectivity index (χ2v) is 8.80. The zero-order valence-corrected chi connectivity index (χ0v) is 19.4. The molecule has 0 aliphatic carbocycles. The first-order valence-corrected chi connectivity index (χ1v) is 11.2. The van der Waals surface area contributed by atoms with Crippen molar-refractivity contribution in [2.75, 3.05) is 18.0 Å². The number of aromatic nitrogens is 3. The van der Waals surface area contributed by atoms with Crippen molar-refractivity contribution < 1.29 is 13.5 Å². The normalized spacial score (nSPS) is 14.1. The average Bonchev–Trinajstić information content (AvgIpc) is 3.16. The summed E-state index contributed by atoms with van der Waals surface area (Å²) in [4.78, 5) is 5.75. The van der Waals surface area contributed by atoms with Crippen molar-refractivity contribution in [1.29, 1.82) is 5.26 Å². The van der Waals surface area contributed by atoms with Gasteiger partial charge in [0, 0.05) is 48.1 Å². The minimum Gasteiger partial charge on any atom is -0.483 e. The monoisotopic (exact) mass is 499 g/mol. The topological polar surface area (TPSA) is 77.8 Å². The lowest BCUT2D eigenvalue weighted by Crippen LogP contribution is -2.38. The van der Waals surface area contributed by atoms with E-state index in [1.54, 1.807) is 13.0 Å². The van der Waals surface area contributed by atoms with E-state index in [2.05, 4.69) is 21.3 Å². The van der Waals surface area contributed by atoms with E-state index in [0.29, 0.717) is 56.5 Å². The van der Waals surface area contributed by atoms with Crippen molar-refractivity contribution in [1.82, 2.24) is 15.2 Å². The summed E-state index contributed by atoms with van der Waals surface area (Å²) in [5.74, 6) is -1.17. The molecule has 1 fully saturated rings. The number of nitrogens with one attached hydrogen (secondary N) is 1. The van der Waals surface area contributed by atoms with Crippen LogP contribution in [0, 0.1) is 23.0 Å². The SMILES string of the molecule is C[C@@H](Oc1cc2c(-c3cc(F)c(N4CCC4)c(C#N)c3)n[nH]c2cc1F)c1c(Cl)cncc1Cl. The Labute approximate surface area is 203 Å². The van der Waals surface area contributed by atoms with Crippen LogP contribution in [0.3, 0.4) is 0 Å². The Morgan fingerprint density at radius 1 is 1.12 bits per heavy atom. The minimum atomic E-state index is -0.677. The first-order chi connectivity index (χ1) is 16.4. The molecule has 1 saturated heterocycles. The predicted octanol–water partition coefficient (Wildman–Crippen LogP) is 6.43. The largest absolute Gasteiger partial charge is 0.483 e. The van der Waals surface area contributed by atoms with Gasteiger partial charge in [0.15, 0.2) is 11.6 Å². The Morgan fingerprint density at radius 3 is 2.50 bits per heavy atom. The molecular weight excluding hydrogens is 483 g/mol. The van der Waals surface area contributed by atoms with E-state index in [1.807, 2.05) is 4.90 Å². The molecule has 2 aromatic carbocycles. The third-order valence-corrected chi connectivity index (χ3v) is 6.45. The highest BCUT2D eigenvalue weighted by Crippen LogP contribution is 2.38. The number of nitrogens with zero attached hydrogens (tertiary/aromatic N) is 4. The summed E-state index contributed by atoms with van der Waals surface area (Å²) in [6.07, 6.45) is 3.14. The molecule has 0 unspecified atom stereocenters. The van der Waals surface area contributed by atoms with Gasteiger partial charge in [-0.3, -0.25) is 10.1 Å². The molecule has 1 N–H and O–H groups in total. The van der Waals surface area contributed by atoms with Crippen molar-refractivity contribution in [2.45, 2.75) is 19.4 Å². The van der Waals surface area contributed by atoms with E-state index >= 15 is 0 Å². The summed E-state index contributed by atoms with van der Waals surface area (Å²) in [5, 5.41) is 17.7. The number of nitriles is 1. The van der Waals surface area contributed by atoms with Crippen molar-refractivity contribution in [2.24, 2.45) is 0 Å². The Balaban J connectivity index is 1.55. The van der Waals surface area contributed by atoms with Gasteiger partial charge in [-0.2, -0.15) is 10.4 Å².